The molecule has 0 atom stereocenters. The van der Waals surface area contributed by atoms with E-state index >= 15 is 0 Å². The van der Waals surface area contributed by atoms with E-state index < -0.39 is 0 Å². The van der Waals surface area contributed by atoms with Crippen LogP contribution < -0.4 is 20.7 Å². The standard InChI is InChI=1S/C38H40N8O2/c1-7-26-12-14-28(15-13-26)46-36(21-33(45-46)38(4,5)6)44-37(47)42-31-16-17-32(30-11-9-8-10-29(30)31)48-23-27-18-19-39-34(20-27)43-35-22-40-24(2)25(3)41-35/h8-22H,7,23H2,1-6H3,(H,39,41,43)(H2,42,44,47). The summed E-state index contributed by atoms with van der Waals surface area (Å²) in [6.07, 6.45) is 4.37. The summed E-state index contributed by atoms with van der Waals surface area (Å²) < 4.78 is 8.07. The van der Waals surface area contributed by atoms with Gasteiger partial charge in [0.05, 0.1) is 34.7 Å². The van der Waals surface area contributed by atoms with Gasteiger partial charge in [0.25, 0.3) is 0 Å². The third kappa shape index (κ3) is 7.28. The van der Waals surface area contributed by atoms with Crippen molar-refractivity contribution < 1.29 is 9.53 Å². The van der Waals surface area contributed by atoms with E-state index in [0.717, 1.165) is 45.5 Å². The summed E-state index contributed by atoms with van der Waals surface area (Å²) >= 11 is 0. The van der Waals surface area contributed by atoms with E-state index in [4.69, 9.17) is 9.84 Å². The number of aryl methyl sites for hydroxylation is 3. The van der Waals surface area contributed by atoms with Gasteiger partial charge in [-0.05, 0) is 67.8 Å². The minimum atomic E-state index is -0.370. The number of urea groups is 1. The van der Waals surface area contributed by atoms with Gasteiger partial charge in [-0.2, -0.15) is 5.10 Å². The molecule has 0 saturated carbocycles. The first-order valence-corrected chi connectivity index (χ1v) is 16.0. The maximum Gasteiger partial charge on any atom is 0.324 e. The monoisotopic (exact) mass is 640 g/mol. The second-order valence-electron chi connectivity index (χ2n) is 12.7. The van der Waals surface area contributed by atoms with Gasteiger partial charge >= 0.3 is 6.03 Å². The average Bonchev–Trinajstić information content (AvgIpc) is 3.50. The Balaban J connectivity index is 1.18. The lowest BCUT2D eigenvalue weighted by Gasteiger charge is -2.15. The second kappa shape index (κ2) is 13.5. The first-order valence-electron chi connectivity index (χ1n) is 16.0. The molecule has 2 amide bonds. The molecule has 3 N–H and O–H groups in total. The number of carbonyl (C=O) groups excluding carboxylic acids is 1. The van der Waals surface area contributed by atoms with Crippen molar-refractivity contribution in [2.24, 2.45) is 0 Å². The van der Waals surface area contributed by atoms with Gasteiger partial charge in [0, 0.05) is 28.5 Å². The van der Waals surface area contributed by atoms with Crippen LogP contribution in [0.1, 0.15) is 55.9 Å². The topological polar surface area (TPSA) is 119 Å². The van der Waals surface area contributed by atoms with Gasteiger partial charge < -0.3 is 15.4 Å². The smallest absolute Gasteiger partial charge is 0.324 e. The predicted molar refractivity (Wildman–Crippen MR) is 192 cm³/mol. The summed E-state index contributed by atoms with van der Waals surface area (Å²) in [5.41, 5.74) is 6.14. The molecule has 0 saturated heterocycles. The van der Waals surface area contributed by atoms with Gasteiger partial charge in [-0.25, -0.2) is 19.4 Å². The summed E-state index contributed by atoms with van der Waals surface area (Å²) in [6, 6.07) is 25.2. The molecule has 0 bridgehead atoms. The minimum absolute atomic E-state index is 0.198. The maximum absolute atomic E-state index is 13.4. The summed E-state index contributed by atoms with van der Waals surface area (Å²) in [5.74, 6) is 2.57. The van der Waals surface area contributed by atoms with Crippen molar-refractivity contribution in [3.63, 3.8) is 0 Å². The van der Waals surface area contributed by atoms with Crippen LogP contribution in [0.5, 0.6) is 5.75 Å². The van der Waals surface area contributed by atoms with Crippen molar-refractivity contribution >= 4 is 39.9 Å². The van der Waals surface area contributed by atoms with Gasteiger partial charge in [-0.3, -0.25) is 10.3 Å². The SMILES string of the molecule is CCc1ccc(-n2nc(C(C)(C)C)cc2NC(=O)Nc2ccc(OCc3ccnc(Nc4cnc(C)c(C)n4)c3)c3ccccc23)cc1. The molecule has 6 aromatic rings. The fraction of sp³-hybridized carbons (Fsp3) is 0.237. The lowest BCUT2D eigenvalue weighted by molar-refractivity contribution is 0.262. The molecule has 10 nitrogen and oxygen atoms in total. The fourth-order valence-electron chi connectivity index (χ4n) is 5.21. The number of aromatic nitrogens is 5. The number of nitrogens with zero attached hydrogens (tertiary/aromatic N) is 5. The summed E-state index contributed by atoms with van der Waals surface area (Å²) in [6.45, 7) is 12.6. The van der Waals surface area contributed by atoms with Crippen molar-refractivity contribution in [1.82, 2.24) is 24.7 Å². The lowest BCUT2D eigenvalue weighted by atomic mass is 9.92. The molecule has 3 aromatic carbocycles. The number of amides is 2. The zero-order valence-corrected chi connectivity index (χ0v) is 28.1. The minimum Gasteiger partial charge on any atom is -0.488 e. The molecule has 10 heteroatoms. The number of pyridine rings is 1. The molecule has 244 valence electrons. The van der Waals surface area contributed by atoms with E-state index in [0.29, 0.717) is 35.5 Å². The van der Waals surface area contributed by atoms with Crippen LogP contribution in [0.2, 0.25) is 0 Å². The van der Waals surface area contributed by atoms with Crippen molar-refractivity contribution in [2.75, 3.05) is 16.0 Å². The van der Waals surface area contributed by atoms with Crippen LogP contribution in [0.25, 0.3) is 16.5 Å². The van der Waals surface area contributed by atoms with E-state index in [1.165, 1.54) is 5.56 Å². The third-order valence-corrected chi connectivity index (χ3v) is 8.11. The number of anilines is 4. The first kappa shape index (κ1) is 32.2. The Kier molecular flexibility index (Phi) is 9.07. The van der Waals surface area contributed by atoms with Gasteiger partial charge in [0.15, 0.2) is 0 Å². The number of carbonyl (C=O) groups is 1. The van der Waals surface area contributed by atoms with Crippen molar-refractivity contribution in [3.8, 4) is 11.4 Å². The van der Waals surface area contributed by atoms with Crippen molar-refractivity contribution in [1.29, 1.82) is 0 Å². The lowest BCUT2D eigenvalue weighted by Crippen LogP contribution is -2.21. The Morgan fingerprint density at radius 2 is 1.60 bits per heavy atom. The average molecular weight is 641 g/mol. The number of ether oxygens (including phenoxy) is 1. The highest BCUT2D eigenvalue weighted by Gasteiger charge is 2.22. The first-order chi connectivity index (χ1) is 23.1. The zero-order valence-electron chi connectivity index (χ0n) is 28.1. The van der Waals surface area contributed by atoms with Crippen molar-refractivity contribution in [2.45, 2.75) is 60.0 Å². The van der Waals surface area contributed by atoms with E-state index in [1.807, 2.05) is 80.6 Å². The highest BCUT2D eigenvalue weighted by molar-refractivity contribution is 6.07. The van der Waals surface area contributed by atoms with Crippen LogP contribution in [-0.2, 0) is 18.4 Å². The maximum atomic E-state index is 13.4. The molecule has 6 rings (SSSR count). The molecule has 0 aliphatic heterocycles. The van der Waals surface area contributed by atoms with E-state index in [2.05, 4.69) is 70.7 Å². The largest absolute Gasteiger partial charge is 0.488 e. The van der Waals surface area contributed by atoms with Gasteiger partial charge in [-0.1, -0.05) is 64.1 Å². The van der Waals surface area contributed by atoms with Crippen LogP contribution in [-0.4, -0.2) is 30.8 Å². The van der Waals surface area contributed by atoms with Gasteiger partial charge in [0.2, 0.25) is 0 Å². The zero-order chi connectivity index (χ0) is 33.8. The summed E-state index contributed by atoms with van der Waals surface area (Å²) in [5, 5.41) is 15.9. The number of hydrogen-bond acceptors (Lipinski definition) is 7. The third-order valence-electron chi connectivity index (χ3n) is 8.11. The molecule has 0 radical (unpaired) electrons. The van der Waals surface area contributed by atoms with E-state index in [-0.39, 0.29) is 11.4 Å². The van der Waals surface area contributed by atoms with Crippen LogP contribution in [0.3, 0.4) is 0 Å². The molecule has 0 spiro atoms. The van der Waals surface area contributed by atoms with Crippen LogP contribution in [0, 0.1) is 13.8 Å². The highest BCUT2D eigenvalue weighted by atomic mass is 16.5. The Hall–Kier alpha value is -5.77. The molecular weight excluding hydrogens is 600 g/mol. The molecule has 0 aliphatic rings. The van der Waals surface area contributed by atoms with Gasteiger partial charge in [-0.15, -0.1) is 0 Å². The second-order valence-corrected chi connectivity index (χ2v) is 12.7. The Bertz CT molecular complexity index is 2080. The summed E-state index contributed by atoms with van der Waals surface area (Å²) in [7, 11) is 0. The number of nitrogens with one attached hydrogen (secondary N) is 3. The van der Waals surface area contributed by atoms with E-state index in [9.17, 15) is 4.79 Å². The quantitative estimate of drug-likeness (QED) is 0.145. The van der Waals surface area contributed by atoms with Crippen LogP contribution in [0.15, 0.2) is 91.3 Å². The highest BCUT2D eigenvalue weighted by Crippen LogP contribution is 2.33. The van der Waals surface area contributed by atoms with Crippen LogP contribution in [0.4, 0.5) is 27.9 Å². The number of hydrogen-bond donors (Lipinski definition) is 3. The summed E-state index contributed by atoms with van der Waals surface area (Å²) in [4.78, 5) is 26.8. The predicted octanol–water partition coefficient (Wildman–Crippen LogP) is 8.65. The molecule has 3 aromatic heterocycles. The Morgan fingerprint density at radius 1 is 0.833 bits per heavy atom. The Morgan fingerprint density at radius 3 is 2.33 bits per heavy atom. The molecular formula is C38H40N8O2. The number of fused-ring (bicyclic) bond motifs is 1. The normalized spacial score (nSPS) is 11.4. The molecule has 0 aliphatic carbocycles. The van der Waals surface area contributed by atoms with Crippen molar-refractivity contribution in [3.05, 3.63) is 119 Å². The fourth-order valence-corrected chi connectivity index (χ4v) is 5.21. The van der Waals surface area contributed by atoms with Gasteiger partial charge in [0.1, 0.15) is 29.8 Å². The molecule has 0 unspecified atom stereocenters. The van der Waals surface area contributed by atoms with E-state index in [1.54, 1.807) is 17.1 Å². The Labute approximate surface area is 280 Å². The van der Waals surface area contributed by atoms with Crippen LogP contribution >= 0.6 is 0 Å². The molecule has 48 heavy (non-hydrogen) atoms. The molecule has 3 heterocycles. The molecule has 0 fully saturated rings. The number of benzene rings is 3. The number of rotatable bonds is 9.